The number of halogens is 2. The molecule has 0 bridgehead atoms. The van der Waals surface area contributed by atoms with Crippen molar-refractivity contribution in [2.75, 3.05) is 25.1 Å². The van der Waals surface area contributed by atoms with E-state index in [1.807, 2.05) is 0 Å². The number of carbonyl (C=O) groups excluding carboxylic acids is 1. The molecule has 0 aliphatic carbocycles. The molecule has 0 saturated carbocycles. The van der Waals surface area contributed by atoms with Crippen LogP contribution in [-0.4, -0.2) is 45.7 Å². The van der Waals surface area contributed by atoms with Crippen LogP contribution in [0.15, 0.2) is 17.0 Å². The van der Waals surface area contributed by atoms with Crippen molar-refractivity contribution in [3.63, 3.8) is 0 Å². The lowest BCUT2D eigenvalue weighted by Crippen LogP contribution is -2.43. The van der Waals surface area contributed by atoms with Gasteiger partial charge in [0.1, 0.15) is 16.5 Å². The van der Waals surface area contributed by atoms with Crippen LogP contribution in [0.3, 0.4) is 0 Å². The van der Waals surface area contributed by atoms with Gasteiger partial charge >= 0.3 is 0 Å². The maximum absolute atomic E-state index is 14.0. The van der Waals surface area contributed by atoms with Gasteiger partial charge in [-0.3, -0.25) is 4.79 Å². The third kappa shape index (κ3) is 5.70. The zero-order valence-corrected chi connectivity index (χ0v) is 15.7. The van der Waals surface area contributed by atoms with Crippen molar-refractivity contribution in [3.05, 3.63) is 23.8 Å². The van der Waals surface area contributed by atoms with E-state index in [1.54, 1.807) is 20.8 Å². The Morgan fingerprint density at radius 1 is 1.31 bits per heavy atom. The highest BCUT2D eigenvalue weighted by molar-refractivity contribution is 7.89. The highest BCUT2D eigenvalue weighted by atomic mass is 32.2. The molecule has 1 aliphatic rings. The molecule has 0 spiro atoms. The average Bonchev–Trinajstić information content (AvgIpc) is 2.48. The number of amides is 1. The van der Waals surface area contributed by atoms with Gasteiger partial charge in [0.2, 0.25) is 15.9 Å². The second-order valence-electron chi connectivity index (χ2n) is 7.10. The minimum absolute atomic E-state index is 0.0130. The third-order valence-corrected chi connectivity index (χ3v) is 5.23. The van der Waals surface area contributed by atoms with Crippen LogP contribution in [0, 0.1) is 11.6 Å². The fraction of sp³-hybridized carbons (Fsp3) is 0.562. The number of hydrogen-bond donors (Lipinski definition) is 3. The van der Waals surface area contributed by atoms with E-state index in [-0.39, 0.29) is 12.5 Å². The minimum atomic E-state index is -4.23. The van der Waals surface area contributed by atoms with Crippen LogP contribution in [0.5, 0.6) is 0 Å². The van der Waals surface area contributed by atoms with Gasteiger partial charge in [0, 0.05) is 30.6 Å². The van der Waals surface area contributed by atoms with E-state index < -0.39 is 43.7 Å². The second-order valence-corrected chi connectivity index (χ2v) is 8.75. The van der Waals surface area contributed by atoms with Crippen LogP contribution < -0.4 is 15.4 Å². The summed E-state index contributed by atoms with van der Waals surface area (Å²) >= 11 is 0. The maximum Gasteiger partial charge on any atom is 0.244 e. The number of sulfonamides is 1. The highest BCUT2D eigenvalue weighted by Crippen LogP contribution is 2.24. The number of hydrogen-bond acceptors (Lipinski definition) is 5. The zero-order valence-electron chi connectivity index (χ0n) is 14.9. The van der Waals surface area contributed by atoms with Crippen molar-refractivity contribution in [2.45, 2.75) is 43.7 Å². The summed E-state index contributed by atoms with van der Waals surface area (Å²) < 4.78 is 60.2. The van der Waals surface area contributed by atoms with Crippen LogP contribution in [0.1, 0.15) is 27.2 Å². The zero-order chi connectivity index (χ0) is 19.5. The molecule has 10 heteroatoms. The van der Waals surface area contributed by atoms with Gasteiger partial charge in [0.05, 0.1) is 18.9 Å². The van der Waals surface area contributed by atoms with Crippen molar-refractivity contribution in [1.29, 1.82) is 0 Å². The van der Waals surface area contributed by atoms with Crippen molar-refractivity contribution in [1.82, 2.24) is 10.0 Å². The lowest BCUT2D eigenvalue weighted by molar-refractivity contribution is -0.117. The lowest BCUT2D eigenvalue weighted by Gasteiger charge is -2.23. The number of rotatable bonds is 5. The Morgan fingerprint density at radius 3 is 2.58 bits per heavy atom. The second kappa shape index (κ2) is 7.95. The summed E-state index contributed by atoms with van der Waals surface area (Å²) in [7, 11) is -4.23. The third-order valence-electron chi connectivity index (χ3n) is 3.46. The van der Waals surface area contributed by atoms with E-state index in [1.165, 1.54) is 0 Å². The van der Waals surface area contributed by atoms with Crippen molar-refractivity contribution in [2.24, 2.45) is 0 Å². The molecule has 1 amide bonds. The van der Waals surface area contributed by atoms with Crippen LogP contribution in [0.25, 0.3) is 0 Å². The standard InChI is InChI=1S/C16H23F2N3O4S/c1-16(2,3)21-26(23,24)14-8-13(11(17)7-12(14)18)20-15(22)6-10-9-25-5-4-19-10/h7-8,10,19,21H,4-6,9H2,1-3H3,(H,20,22). The van der Waals surface area contributed by atoms with Gasteiger partial charge in [0.25, 0.3) is 0 Å². The number of benzene rings is 1. The van der Waals surface area contributed by atoms with E-state index in [2.05, 4.69) is 15.4 Å². The predicted molar refractivity (Wildman–Crippen MR) is 92.3 cm³/mol. The Balaban J connectivity index is 2.20. The molecule has 0 radical (unpaired) electrons. The number of anilines is 1. The van der Waals surface area contributed by atoms with Gasteiger partial charge in [-0.1, -0.05) is 0 Å². The summed E-state index contributed by atoms with van der Waals surface area (Å²) in [5.41, 5.74) is -1.25. The summed E-state index contributed by atoms with van der Waals surface area (Å²) in [4.78, 5) is 11.3. The fourth-order valence-corrected chi connectivity index (χ4v) is 3.97. The molecule has 3 N–H and O–H groups in total. The smallest absolute Gasteiger partial charge is 0.244 e. The van der Waals surface area contributed by atoms with Crippen molar-refractivity contribution >= 4 is 21.6 Å². The molecule has 1 aromatic carbocycles. The first kappa shape index (κ1) is 20.7. The highest BCUT2D eigenvalue weighted by Gasteiger charge is 2.27. The van der Waals surface area contributed by atoms with Gasteiger partial charge in [-0.15, -0.1) is 0 Å². The monoisotopic (exact) mass is 391 g/mol. The Hall–Kier alpha value is -1.62. The molecule has 1 fully saturated rings. The Labute approximate surface area is 151 Å². The maximum atomic E-state index is 14.0. The van der Waals surface area contributed by atoms with E-state index in [0.717, 1.165) is 6.07 Å². The lowest BCUT2D eigenvalue weighted by atomic mass is 10.1. The predicted octanol–water partition coefficient (Wildman–Crippen LogP) is 1.36. The molecule has 1 unspecified atom stereocenters. The average molecular weight is 391 g/mol. The summed E-state index contributed by atoms with van der Waals surface area (Å²) in [6.45, 7) is 6.26. The SMILES string of the molecule is CC(C)(C)NS(=O)(=O)c1cc(NC(=O)CC2COCCN2)c(F)cc1F. The molecule has 1 aromatic rings. The Morgan fingerprint density at radius 2 is 2.00 bits per heavy atom. The molecule has 1 atom stereocenters. The first-order valence-electron chi connectivity index (χ1n) is 8.12. The normalized spacial score (nSPS) is 18.6. The number of nitrogens with one attached hydrogen (secondary N) is 3. The molecule has 2 rings (SSSR count). The molecule has 0 aromatic heterocycles. The molecule has 26 heavy (non-hydrogen) atoms. The number of ether oxygens (including phenoxy) is 1. The summed E-state index contributed by atoms with van der Waals surface area (Å²) in [5, 5.41) is 5.37. The van der Waals surface area contributed by atoms with Crippen molar-refractivity contribution < 1.29 is 26.7 Å². The van der Waals surface area contributed by atoms with E-state index >= 15 is 0 Å². The van der Waals surface area contributed by atoms with Crippen LogP contribution in [0.2, 0.25) is 0 Å². The quantitative estimate of drug-likeness (QED) is 0.704. The first-order chi connectivity index (χ1) is 12.0. The van der Waals surface area contributed by atoms with E-state index in [4.69, 9.17) is 4.74 Å². The van der Waals surface area contributed by atoms with Crippen LogP contribution >= 0.6 is 0 Å². The van der Waals surface area contributed by atoms with Crippen molar-refractivity contribution in [3.8, 4) is 0 Å². The molecular weight excluding hydrogens is 368 g/mol. The summed E-state index contributed by atoms with van der Waals surface area (Å²) in [6, 6.07) is 0.994. The molecule has 146 valence electrons. The summed E-state index contributed by atoms with van der Waals surface area (Å²) in [6.07, 6.45) is 0.0130. The van der Waals surface area contributed by atoms with Gasteiger partial charge in [-0.05, 0) is 26.8 Å². The molecule has 1 heterocycles. The van der Waals surface area contributed by atoms with Gasteiger partial charge in [-0.2, -0.15) is 0 Å². The van der Waals surface area contributed by atoms with E-state index in [0.29, 0.717) is 25.8 Å². The van der Waals surface area contributed by atoms with E-state index in [9.17, 15) is 22.0 Å². The van der Waals surface area contributed by atoms with Gasteiger partial charge in [0.15, 0.2) is 0 Å². The van der Waals surface area contributed by atoms with Crippen LogP contribution in [0.4, 0.5) is 14.5 Å². The molecule has 7 nitrogen and oxygen atoms in total. The minimum Gasteiger partial charge on any atom is -0.378 e. The number of carbonyl (C=O) groups is 1. The molecule has 1 aliphatic heterocycles. The van der Waals surface area contributed by atoms with Gasteiger partial charge < -0.3 is 15.4 Å². The summed E-state index contributed by atoms with van der Waals surface area (Å²) in [5.74, 6) is -2.83. The van der Waals surface area contributed by atoms with Crippen LogP contribution in [-0.2, 0) is 19.6 Å². The topological polar surface area (TPSA) is 96.5 Å². The largest absolute Gasteiger partial charge is 0.378 e. The Kier molecular flexibility index (Phi) is 6.33. The molecular formula is C16H23F2N3O4S. The Bertz CT molecular complexity index is 772. The fourth-order valence-electron chi connectivity index (χ4n) is 2.46. The number of morpholine rings is 1. The first-order valence-corrected chi connectivity index (χ1v) is 9.60. The van der Waals surface area contributed by atoms with Gasteiger partial charge in [-0.25, -0.2) is 21.9 Å². The molecule has 1 saturated heterocycles.